The van der Waals surface area contributed by atoms with Crippen molar-refractivity contribution in [3.8, 4) is 0 Å². The third-order valence-corrected chi connectivity index (χ3v) is 3.84. The molecule has 18 heavy (non-hydrogen) atoms. The van der Waals surface area contributed by atoms with Gasteiger partial charge in [-0.3, -0.25) is 0 Å². The van der Waals surface area contributed by atoms with Crippen LogP contribution in [-0.2, 0) is 4.74 Å². The van der Waals surface area contributed by atoms with Crippen LogP contribution in [0.1, 0.15) is 44.2 Å². The van der Waals surface area contributed by atoms with Crippen LogP contribution < -0.4 is 5.32 Å². The molecule has 1 aromatic rings. The number of rotatable bonds is 4. The summed E-state index contributed by atoms with van der Waals surface area (Å²) in [6, 6.07) is 7.32. The number of hydrogen-bond acceptors (Lipinski definition) is 2. The van der Waals surface area contributed by atoms with E-state index in [0.717, 1.165) is 18.4 Å². The van der Waals surface area contributed by atoms with Crippen LogP contribution in [0.25, 0.3) is 0 Å². The highest BCUT2D eigenvalue weighted by atomic mass is 19.1. The lowest BCUT2D eigenvalue weighted by Gasteiger charge is -2.33. The molecule has 0 aromatic heterocycles. The Morgan fingerprint density at radius 1 is 1.28 bits per heavy atom. The van der Waals surface area contributed by atoms with E-state index in [4.69, 9.17) is 4.74 Å². The standard InChI is InChI=1S/C15H22FNO/c1-11(12-7-3-4-8-13(12)16)17-14-9-5-6-10-15(14)18-2/h3-4,7-8,11,14-15,17H,5-6,9-10H2,1-2H3. The fourth-order valence-corrected chi connectivity index (χ4v) is 2.81. The Bertz CT molecular complexity index is 383. The number of halogens is 1. The van der Waals surface area contributed by atoms with Gasteiger partial charge in [0, 0.05) is 24.8 Å². The van der Waals surface area contributed by atoms with Crippen molar-refractivity contribution in [1.82, 2.24) is 5.32 Å². The third-order valence-electron chi connectivity index (χ3n) is 3.84. The fourth-order valence-electron chi connectivity index (χ4n) is 2.81. The largest absolute Gasteiger partial charge is 0.380 e. The van der Waals surface area contributed by atoms with E-state index in [1.165, 1.54) is 18.9 Å². The third kappa shape index (κ3) is 3.09. The normalized spacial score (nSPS) is 25.9. The number of benzene rings is 1. The molecule has 2 nitrogen and oxygen atoms in total. The molecule has 3 unspecified atom stereocenters. The molecular weight excluding hydrogens is 229 g/mol. The highest BCUT2D eigenvalue weighted by Crippen LogP contribution is 2.24. The minimum atomic E-state index is -0.137. The SMILES string of the molecule is COC1CCCCC1NC(C)c1ccccc1F. The van der Waals surface area contributed by atoms with Crippen molar-refractivity contribution in [3.63, 3.8) is 0 Å². The lowest BCUT2D eigenvalue weighted by molar-refractivity contribution is 0.0382. The summed E-state index contributed by atoms with van der Waals surface area (Å²) in [5.41, 5.74) is 0.734. The van der Waals surface area contributed by atoms with Gasteiger partial charge in [0.2, 0.25) is 0 Å². The van der Waals surface area contributed by atoms with E-state index >= 15 is 0 Å². The number of nitrogens with one attached hydrogen (secondary N) is 1. The molecule has 1 aliphatic rings. The summed E-state index contributed by atoms with van der Waals surface area (Å²) in [4.78, 5) is 0. The Hall–Kier alpha value is -0.930. The monoisotopic (exact) mass is 251 g/mol. The van der Waals surface area contributed by atoms with Crippen molar-refractivity contribution in [2.75, 3.05) is 7.11 Å². The zero-order valence-corrected chi connectivity index (χ0v) is 11.2. The molecule has 1 saturated carbocycles. The molecule has 0 spiro atoms. The number of hydrogen-bond donors (Lipinski definition) is 1. The predicted molar refractivity (Wildman–Crippen MR) is 71.0 cm³/mol. The second-order valence-electron chi connectivity index (χ2n) is 5.07. The lowest BCUT2D eigenvalue weighted by Crippen LogP contribution is -2.44. The molecule has 1 N–H and O–H groups in total. The second kappa shape index (κ2) is 6.30. The zero-order chi connectivity index (χ0) is 13.0. The van der Waals surface area contributed by atoms with E-state index < -0.39 is 0 Å². The van der Waals surface area contributed by atoms with E-state index in [0.29, 0.717) is 6.04 Å². The van der Waals surface area contributed by atoms with Gasteiger partial charge in [-0.25, -0.2) is 4.39 Å². The van der Waals surface area contributed by atoms with Crippen molar-refractivity contribution in [2.45, 2.75) is 50.8 Å². The molecule has 0 saturated heterocycles. The van der Waals surface area contributed by atoms with Gasteiger partial charge in [-0.2, -0.15) is 0 Å². The van der Waals surface area contributed by atoms with Gasteiger partial charge in [0.1, 0.15) is 5.82 Å². The molecule has 3 atom stereocenters. The first-order valence-electron chi connectivity index (χ1n) is 6.75. The van der Waals surface area contributed by atoms with E-state index in [2.05, 4.69) is 5.32 Å². The first-order valence-corrected chi connectivity index (χ1v) is 6.75. The summed E-state index contributed by atoms with van der Waals surface area (Å²) in [6.45, 7) is 2.01. The minimum absolute atomic E-state index is 0.0203. The predicted octanol–water partition coefficient (Wildman–Crippen LogP) is 3.43. The summed E-state index contributed by atoms with van der Waals surface area (Å²) in [5, 5.41) is 3.51. The van der Waals surface area contributed by atoms with Gasteiger partial charge in [0.05, 0.1) is 6.10 Å². The Labute approximate surface area is 109 Å². The zero-order valence-electron chi connectivity index (χ0n) is 11.2. The molecule has 0 amide bonds. The van der Waals surface area contributed by atoms with Crippen LogP contribution >= 0.6 is 0 Å². The maximum atomic E-state index is 13.7. The summed E-state index contributed by atoms with van der Waals surface area (Å²) in [7, 11) is 1.76. The summed E-state index contributed by atoms with van der Waals surface area (Å²) >= 11 is 0. The van der Waals surface area contributed by atoms with Gasteiger partial charge in [-0.15, -0.1) is 0 Å². The Kier molecular flexibility index (Phi) is 4.72. The number of methoxy groups -OCH3 is 1. The van der Waals surface area contributed by atoms with Gasteiger partial charge in [-0.05, 0) is 25.8 Å². The van der Waals surface area contributed by atoms with Crippen LogP contribution in [0.2, 0.25) is 0 Å². The molecule has 0 bridgehead atoms. The van der Waals surface area contributed by atoms with Gasteiger partial charge in [-0.1, -0.05) is 31.0 Å². The first kappa shape index (κ1) is 13.5. The van der Waals surface area contributed by atoms with Crippen LogP contribution in [0, 0.1) is 5.82 Å². The van der Waals surface area contributed by atoms with Crippen molar-refractivity contribution >= 4 is 0 Å². The molecule has 0 heterocycles. The summed E-state index contributed by atoms with van der Waals surface area (Å²) < 4.78 is 19.2. The molecule has 3 heteroatoms. The van der Waals surface area contributed by atoms with Gasteiger partial charge < -0.3 is 10.1 Å². The van der Waals surface area contributed by atoms with Gasteiger partial charge in [0.15, 0.2) is 0 Å². The number of ether oxygens (including phenoxy) is 1. The van der Waals surface area contributed by atoms with Gasteiger partial charge >= 0.3 is 0 Å². The lowest BCUT2D eigenvalue weighted by atomic mass is 9.91. The maximum absolute atomic E-state index is 13.7. The average molecular weight is 251 g/mol. The van der Waals surface area contributed by atoms with Crippen molar-refractivity contribution in [1.29, 1.82) is 0 Å². The highest BCUT2D eigenvalue weighted by molar-refractivity contribution is 5.20. The first-order chi connectivity index (χ1) is 8.72. The average Bonchev–Trinajstić information content (AvgIpc) is 2.39. The highest BCUT2D eigenvalue weighted by Gasteiger charge is 2.26. The fraction of sp³-hybridized carbons (Fsp3) is 0.600. The summed E-state index contributed by atoms with van der Waals surface area (Å²) in [6.07, 6.45) is 4.91. The van der Waals surface area contributed by atoms with E-state index in [-0.39, 0.29) is 18.0 Å². The Morgan fingerprint density at radius 2 is 2.00 bits per heavy atom. The molecular formula is C15H22FNO. The molecule has 0 aliphatic heterocycles. The Morgan fingerprint density at radius 3 is 2.72 bits per heavy atom. The van der Waals surface area contributed by atoms with Crippen molar-refractivity contribution < 1.29 is 9.13 Å². The maximum Gasteiger partial charge on any atom is 0.127 e. The van der Waals surface area contributed by atoms with E-state index in [1.54, 1.807) is 13.2 Å². The smallest absolute Gasteiger partial charge is 0.127 e. The van der Waals surface area contributed by atoms with Crippen LogP contribution in [0.5, 0.6) is 0 Å². The van der Waals surface area contributed by atoms with Crippen LogP contribution in [0.4, 0.5) is 4.39 Å². The molecule has 1 aliphatic carbocycles. The topological polar surface area (TPSA) is 21.3 Å². The molecule has 100 valence electrons. The molecule has 1 aromatic carbocycles. The second-order valence-corrected chi connectivity index (χ2v) is 5.07. The van der Waals surface area contributed by atoms with Crippen molar-refractivity contribution in [3.05, 3.63) is 35.6 Å². The Balaban J connectivity index is 2.02. The van der Waals surface area contributed by atoms with Crippen molar-refractivity contribution in [2.24, 2.45) is 0 Å². The van der Waals surface area contributed by atoms with Crippen LogP contribution in [-0.4, -0.2) is 19.3 Å². The van der Waals surface area contributed by atoms with E-state index in [9.17, 15) is 4.39 Å². The van der Waals surface area contributed by atoms with Crippen LogP contribution in [0.15, 0.2) is 24.3 Å². The van der Waals surface area contributed by atoms with Gasteiger partial charge in [0.25, 0.3) is 0 Å². The summed E-state index contributed by atoms with van der Waals surface area (Å²) in [5.74, 6) is -0.137. The quantitative estimate of drug-likeness (QED) is 0.885. The minimum Gasteiger partial charge on any atom is -0.380 e. The van der Waals surface area contributed by atoms with Crippen LogP contribution in [0.3, 0.4) is 0 Å². The molecule has 1 fully saturated rings. The molecule has 2 rings (SSSR count). The molecule has 0 radical (unpaired) electrons. The van der Waals surface area contributed by atoms with E-state index in [1.807, 2.05) is 19.1 Å².